The molecule has 6 nitrogen and oxygen atoms in total. The maximum Gasteiger partial charge on any atom is 0.253 e. The highest BCUT2D eigenvalue weighted by molar-refractivity contribution is 6.07. The molecule has 1 heterocycles. The van der Waals surface area contributed by atoms with Crippen molar-refractivity contribution in [2.24, 2.45) is 0 Å². The molecule has 0 spiro atoms. The molecule has 0 aliphatic rings. The van der Waals surface area contributed by atoms with Crippen LogP contribution in [0.3, 0.4) is 0 Å². The van der Waals surface area contributed by atoms with Crippen molar-refractivity contribution in [2.45, 2.75) is 26.3 Å². The molecule has 0 unspecified atom stereocenters. The summed E-state index contributed by atoms with van der Waals surface area (Å²) in [6.07, 6.45) is 1.61. The van der Waals surface area contributed by atoms with Crippen molar-refractivity contribution in [3.8, 4) is 0 Å². The van der Waals surface area contributed by atoms with Gasteiger partial charge in [-0.05, 0) is 39.0 Å². The maximum absolute atomic E-state index is 12.1. The first-order valence-corrected chi connectivity index (χ1v) is 6.72. The summed E-state index contributed by atoms with van der Waals surface area (Å²) in [7, 11) is 0. The normalized spacial score (nSPS) is 11.4. The first kappa shape index (κ1) is 14.9. The molecule has 0 bridgehead atoms. The van der Waals surface area contributed by atoms with Gasteiger partial charge in [0.15, 0.2) is 0 Å². The second kappa shape index (κ2) is 5.47. The number of nitrogens with two attached hydrogens (primary N) is 1. The zero-order valence-corrected chi connectivity index (χ0v) is 12.4. The van der Waals surface area contributed by atoms with Gasteiger partial charge >= 0.3 is 0 Å². The van der Waals surface area contributed by atoms with Crippen LogP contribution in [0, 0.1) is 0 Å². The molecule has 1 aromatic carbocycles. The molecule has 6 heteroatoms. The quantitative estimate of drug-likeness (QED) is 0.642. The molecule has 0 saturated carbocycles. The van der Waals surface area contributed by atoms with E-state index in [-0.39, 0.29) is 23.9 Å². The van der Waals surface area contributed by atoms with Gasteiger partial charge in [0.1, 0.15) is 0 Å². The van der Waals surface area contributed by atoms with Crippen LogP contribution in [0.1, 0.15) is 31.1 Å². The first-order chi connectivity index (χ1) is 9.76. The number of anilines is 1. The predicted molar refractivity (Wildman–Crippen MR) is 82.9 cm³/mol. The fourth-order valence-corrected chi connectivity index (χ4v) is 2.05. The van der Waals surface area contributed by atoms with Crippen molar-refractivity contribution in [3.05, 3.63) is 30.0 Å². The molecule has 2 aromatic rings. The third-order valence-electron chi connectivity index (χ3n) is 2.87. The minimum atomic E-state index is -0.319. The molecule has 0 aliphatic carbocycles. The van der Waals surface area contributed by atoms with Gasteiger partial charge in [0, 0.05) is 28.3 Å². The molecule has 5 N–H and O–H groups in total. The van der Waals surface area contributed by atoms with E-state index >= 15 is 0 Å². The first-order valence-electron chi connectivity index (χ1n) is 6.72. The van der Waals surface area contributed by atoms with E-state index in [1.807, 2.05) is 20.8 Å². The number of carbonyl (C=O) groups excluding carboxylic acids is 2. The van der Waals surface area contributed by atoms with Crippen LogP contribution < -0.4 is 16.4 Å². The number of benzene rings is 1. The van der Waals surface area contributed by atoms with Crippen molar-refractivity contribution in [1.82, 2.24) is 15.6 Å². The summed E-state index contributed by atoms with van der Waals surface area (Å²) in [5.41, 5.74) is 7.28. The van der Waals surface area contributed by atoms with Crippen molar-refractivity contribution in [3.63, 3.8) is 0 Å². The lowest BCUT2D eigenvalue weighted by molar-refractivity contribution is -0.121. The molecule has 21 heavy (non-hydrogen) atoms. The Hall–Kier alpha value is -2.50. The monoisotopic (exact) mass is 288 g/mol. The lowest BCUT2D eigenvalue weighted by atomic mass is 10.1. The molecular weight excluding hydrogens is 268 g/mol. The number of hydrogen-bond donors (Lipinski definition) is 4. The zero-order valence-electron chi connectivity index (χ0n) is 12.4. The van der Waals surface area contributed by atoms with Crippen molar-refractivity contribution < 1.29 is 9.59 Å². The van der Waals surface area contributed by atoms with E-state index < -0.39 is 0 Å². The Morgan fingerprint density at radius 2 is 2.00 bits per heavy atom. The van der Waals surface area contributed by atoms with E-state index in [2.05, 4.69) is 15.6 Å². The Balaban J connectivity index is 2.04. The number of aromatic amines is 1. The molecule has 1 aromatic heterocycles. The topological polar surface area (TPSA) is 100 Å². The van der Waals surface area contributed by atoms with E-state index in [9.17, 15) is 9.59 Å². The van der Waals surface area contributed by atoms with Crippen LogP contribution in [0.4, 0.5) is 5.69 Å². The Bertz CT molecular complexity index is 683. The largest absolute Gasteiger partial charge is 0.399 e. The summed E-state index contributed by atoms with van der Waals surface area (Å²) in [5.74, 6) is -0.519. The summed E-state index contributed by atoms with van der Waals surface area (Å²) in [5, 5.41) is 6.17. The predicted octanol–water partition coefficient (Wildman–Crippen LogP) is 1.39. The number of amides is 2. The number of carbonyl (C=O) groups is 2. The van der Waals surface area contributed by atoms with Gasteiger partial charge in [-0.2, -0.15) is 0 Å². The van der Waals surface area contributed by atoms with Crippen LogP contribution in [-0.2, 0) is 4.79 Å². The highest BCUT2D eigenvalue weighted by Crippen LogP contribution is 2.20. The minimum absolute atomic E-state index is 0.0578. The van der Waals surface area contributed by atoms with E-state index in [1.54, 1.807) is 24.4 Å². The average Bonchev–Trinajstić information content (AvgIpc) is 2.76. The fraction of sp³-hybridized carbons (Fsp3) is 0.333. The average molecular weight is 288 g/mol. The molecule has 0 fully saturated rings. The van der Waals surface area contributed by atoms with Crippen LogP contribution in [0.2, 0.25) is 0 Å². The van der Waals surface area contributed by atoms with Crippen LogP contribution in [-0.4, -0.2) is 28.9 Å². The fourth-order valence-electron chi connectivity index (χ4n) is 2.05. The zero-order chi connectivity index (χ0) is 15.6. The standard InChI is InChI=1S/C15H20N4O2/c1-15(2,3)19-13(20)8-18-14(21)11-7-17-12-6-9(16)4-5-10(11)12/h4-7,17H,8,16H2,1-3H3,(H,18,21)(H,19,20). The van der Waals surface area contributed by atoms with Crippen LogP contribution in [0.5, 0.6) is 0 Å². The lowest BCUT2D eigenvalue weighted by Crippen LogP contribution is -2.45. The smallest absolute Gasteiger partial charge is 0.253 e. The lowest BCUT2D eigenvalue weighted by Gasteiger charge is -2.20. The third-order valence-corrected chi connectivity index (χ3v) is 2.87. The summed E-state index contributed by atoms with van der Waals surface area (Å²) in [6, 6.07) is 5.28. The number of H-pyrrole nitrogens is 1. The van der Waals surface area contributed by atoms with Gasteiger partial charge in [-0.1, -0.05) is 0 Å². The second-order valence-corrected chi connectivity index (χ2v) is 5.99. The highest BCUT2D eigenvalue weighted by Gasteiger charge is 2.16. The molecular formula is C15H20N4O2. The van der Waals surface area contributed by atoms with E-state index in [1.165, 1.54) is 0 Å². The van der Waals surface area contributed by atoms with Crippen LogP contribution >= 0.6 is 0 Å². The molecule has 112 valence electrons. The highest BCUT2D eigenvalue weighted by atomic mass is 16.2. The Labute approximate surface area is 123 Å². The number of rotatable bonds is 3. The van der Waals surface area contributed by atoms with Gasteiger partial charge in [-0.15, -0.1) is 0 Å². The van der Waals surface area contributed by atoms with Gasteiger partial charge in [0.2, 0.25) is 5.91 Å². The van der Waals surface area contributed by atoms with Crippen molar-refractivity contribution in [2.75, 3.05) is 12.3 Å². The molecule has 0 saturated heterocycles. The number of aromatic nitrogens is 1. The maximum atomic E-state index is 12.1. The Kier molecular flexibility index (Phi) is 3.88. The molecule has 2 rings (SSSR count). The minimum Gasteiger partial charge on any atom is -0.399 e. The van der Waals surface area contributed by atoms with Crippen LogP contribution in [0.25, 0.3) is 10.9 Å². The Morgan fingerprint density at radius 3 is 2.67 bits per heavy atom. The van der Waals surface area contributed by atoms with Gasteiger partial charge in [-0.25, -0.2) is 0 Å². The number of hydrogen-bond acceptors (Lipinski definition) is 3. The summed E-state index contributed by atoms with van der Waals surface area (Å²) >= 11 is 0. The van der Waals surface area contributed by atoms with Gasteiger partial charge < -0.3 is 21.4 Å². The van der Waals surface area contributed by atoms with Crippen molar-refractivity contribution in [1.29, 1.82) is 0 Å². The SMILES string of the molecule is CC(C)(C)NC(=O)CNC(=O)c1c[nH]c2cc(N)ccc12. The third kappa shape index (κ3) is 3.75. The molecule has 0 atom stereocenters. The molecule has 2 amide bonds. The van der Waals surface area contributed by atoms with E-state index in [0.717, 1.165) is 10.9 Å². The number of nitrogens with one attached hydrogen (secondary N) is 3. The summed E-state index contributed by atoms with van der Waals surface area (Å²) in [6.45, 7) is 5.60. The van der Waals surface area contributed by atoms with E-state index in [0.29, 0.717) is 11.3 Å². The second-order valence-electron chi connectivity index (χ2n) is 5.99. The molecule has 0 aliphatic heterocycles. The molecule has 0 radical (unpaired) electrons. The van der Waals surface area contributed by atoms with Gasteiger partial charge in [-0.3, -0.25) is 9.59 Å². The van der Waals surface area contributed by atoms with Gasteiger partial charge in [0.25, 0.3) is 5.91 Å². The number of nitrogen functional groups attached to an aromatic ring is 1. The Morgan fingerprint density at radius 1 is 1.29 bits per heavy atom. The summed E-state index contributed by atoms with van der Waals surface area (Å²) < 4.78 is 0. The van der Waals surface area contributed by atoms with Crippen LogP contribution in [0.15, 0.2) is 24.4 Å². The number of fused-ring (bicyclic) bond motifs is 1. The van der Waals surface area contributed by atoms with Gasteiger partial charge in [0.05, 0.1) is 12.1 Å². The van der Waals surface area contributed by atoms with E-state index in [4.69, 9.17) is 5.73 Å². The summed E-state index contributed by atoms with van der Waals surface area (Å²) in [4.78, 5) is 26.8. The van der Waals surface area contributed by atoms with Crippen molar-refractivity contribution >= 4 is 28.4 Å².